The van der Waals surface area contributed by atoms with Crippen LogP contribution in [-0.2, 0) is 6.54 Å². The van der Waals surface area contributed by atoms with Crippen molar-refractivity contribution in [1.82, 2.24) is 9.80 Å². The SMILES string of the molecule is N#Cc1ccc(CN2CCCN(C(=O)c3ccc(NC(N)=O)cc3)CC2)cc1. The molecule has 1 fully saturated rings. The maximum absolute atomic E-state index is 12.8. The van der Waals surface area contributed by atoms with Crippen LogP contribution in [0.1, 0.15) is 27.9 Å². The molecular formula is C21H23N5O2. The highest BCUT2D eigenvalue weighted by atomic mass is 16.2. The van der Waals surface area contributed by atoms with Crippen molar-refractivity contribution >= 4 is 17.6 Å². The number of amides is 3. The number of nitrogens with two attached hydrogens (primary N) is 1. The van der Waals surface area contributed by atoms with E-state index in [2.05, 4.69) is 16.3 Å². The molecule has 1 aliphatic rings. The molecule has 0 atom stereocenters. The van der Waals surface area contributed by atoms with Gasteiger partial charge in [-0.2, -0.15) is 5.26 Å². The summed E-state index contributed by atoms with van der Waals surface area (Å²) in [5.74, 6) is -0.00847. The van der Waals surface area contributed by atoms with Crippen molar-refractivity contribution in [2.45, 2.75) is 13.0 Å². The number of carbonyl (C=O) groups is 2. The number of benzene rings is 2. The van der Waals surface area contributed by atoms with E-state index in [0.29, 0.717) is 29.9 Å². The molecule has 0 unspecified atom stereocenters. The van der Waals surface area contributed by atoms with E-state index in [1.165, 1.54) is 0 Å². The van der Waals surface area contributed by atoms with Gasteiger partial charge in [0.25, 0.3) is 5.91 Å². The highest BCUT2D eigenvalue weighted by molar-refractivity contribution is 5.95. The number of nitriles is 1. The Hall–Kier alpha value is -3.37. The zero-order chi connectivity index (χ0) is 19.9. The van der Waals surface area contributed by atoms with Crippen molar-refractivity contribution in [3.05, 3.63) is 65.2 Å². The predicted molar refractivity (Wildman–Crippen MR) is 107 cm³/mol. The molecule has 144 valence electrons. The highest BCUT2D eigenvalue weighted by Gasteiger charge is 2.20. The number of urea groups is 1. The lowest BCUT2D eigenvalue weighted by atomic mass is 10.1. The van der Waals surface area contributed by atoms with Crippen molar-refractivity contribution in [1.29, 1.82) is 5.26 Å². The minimum Gasteiger partial charge on any atom is -0.351 e. The monoisotopic (exact) mass is 377 g/mol. The molecule has 7 nitrogen and oxygen atoms in total. The van der Waals surface area contributed by atoms with Crippen molar-refractivity contribution in [2.24, 2.45) is 5.73 Å². The smallest absolute Gasteiger partial charge is 0.316 e. The Balaban J connectivity index is 1.57. The highest BCUT2D eigenvalue weighted by Crippen LogP contribution is 2.15. The molecule has 0 aliphatic carbocycles. The largest absolute Gasteiger partial charge is 0.351 e. The van der Waals surface area contributed by atoms with Crippen LogP contribution in [0.3, 0.4) is 0 Å². The first-order valence-electron chi connectivity index (χ1n) is 9.22. The van der Waals surface area contributed by atoms with E-state index in [4.69, 9.17) is 11.0 Å². The van der Waals surface area contributed by atoms with Gasteiger partial charge in [-0.05, 0) is 48.4 Å². The van der Waals surface area contributed by atoms with Gasteiger partial charge in [0, 0.05) is 44.0 Å². The van der Waals surface area contributed by atoms with Crippen LogP contribution in [0.4, 0.5) is 10.5 Å². The summed E-state index contributed by atoms with van der Waals surface area (Å²) in [5, 5.41) is 11.4. The van der Waals surface area contributed by atoms with Gasteiger partial charge in [0.15, 0.2) is 0 Å². The minimum absolute atomic E-state index is 0.00847. The molecule has 0 saturated carbocycles. The Bertz CT molecular complexity index is 871. The molecule has 0 aromatic heterocycles. The van der Waals surface area contributed by atoms with Crippen molar-refractivity contribution < 1.29 is 9.59 Å². The second-order valence-electron chi connectivity index (χ2n) is 6.80. The molecule has 1 aliphatic heterocycles. The summed E-state index contributed by atoms with van der Waals surface area (Å²) in [7, 11) is 0. The standard InChI is InChI=1S/C21H23N5O2/c22-14-16-2-4-17(5-3-16)15-25-10-1-11-26(13-12-25)20(27)18-6-8-19(9-7-18)24-21(23)28/h2-9H,1,10-13,15H2,(H3,23,24,28). The van der Waals surface area contributed by atoms with Crippen LogP contribution in [0.2, 0.25) is 0 Å². The molecule has 0 radical (unpaired) electrons. The number of anilines is 1. The number of rotatable bonds is 4. The first-order valence-corrected chi connectivity index (χ1v) is 9.22. The zero-order valence-corrected chi connectivity index (χ0v) is 15.6. The van der Waals surface area contributed by atoms with E-state index < -0.39 is 6.03 Å². The summed E-state index contributed by atoms with van der Waals surface area (Å²) >= 11 is 0. The Kier molecular flexibility index (Phi) is 6.25. The van der Waals surface area contributed by atoms with Crippen molar-refractivity contribution in [3.63, 3.8) is 0 Å². The number of carbonyl (C=O) groups excluding carboxylic acids is 2. The summed E-state index contributed by atoms with van der Waals surface area (Å²) in [4.78, 5) is 27.9. The fourth-order valence-corrected chi connectivity index (χ4v) is 3.30. The summed E-state index contributed by atoms with van der Waals surface area (Å²) in [6.45, 7) is 3.90. The Morgan fingerprint density at radius 1 is 1.00 bits per heavy atom. The molecule has 3 N–H and O–H groups in total. The molecule has 0 bridgehead atoms. The first-order chi connectivity index (χ1) is 13.5. The van der Waals surface area contributed by atoms with Gasteiger partial charge in [0.2, 0.25) is 0 Å². The molecule has 7 heteroatoms. The Morgan fingerprint density at radius 2 is 1.71 bits per heavy atom. The summed E-state index contributed by atoms with van der Waals surface area (Å²) in [6.07, 6.45) is 0.906. The number of hydrogen-bond acceptors (Lipinski definition) is 4. The normalized spacial score (nSPS) is 14.8. The second-order valence-corrected chi connectivity index (χ2v) is 6.80. The fourth-order valence-electron chi connectivity index (χ4n) is 3.30. The van der Waals surface area contributed by atoms with Gasteiger partial charge >= 0.3 is 6.03 Å². The van der Waals surface area contributed by atoms with Crippen LogP contribution < -0.4 is 11.1 Å². The topological polar surface area (TPSA) is 102 Å². The molecule has 1 heterocycles. The lowest BCUT2D eigenvalue weighted by Gasteiger charge is -2.22. The average Bonchev–Trinajstić information content (AvgIpc) is 2.94. The first kappa shape index (κ1) is 19.4. The average molecular weight is 377 g/mol. The molecule has 2 aromatic carbocycles. The molecule has 3 amide bonds. The van der Waals surface area contributed by atoms with E-state index in [-0.39, 0.29) is 5.91 Å². The summed E-state index contributed by atoms with van der Waals surface area (Å²) in [6, 6.07) is 15.9. The second kappa shape index (κ2) is 9.02. The fraction of sp³-hybridized carbons (Fsp3) is 0.286. The van der Waals surface area contributed by atoms with Gasteiger partial charge in [-0.25, -0.2) is 4.79 Å². The van der Waals surface area contributed by atoms with Gasteiger partial charge in [-0.15, -0.1) is 0 Å². The van der Waals surface area contributed by atoms with Gasteiger partial charge in [-0.1, -0.05) is 12.1 Å². The molecular weight excluding hydrogens is 354 g/mol. The minimum atomic E-state index is -0.631. The molecule has 1 saturated heterocycles. The van der Waals surface area contributed by atoms with Crippen LogP contribution in [0.25, 0.3) is 0 Å². The molecule has 0 spiro atoms. The summed E-state index contributed by atoms with van der Waals surface area (Å²) < 4.78 is 0. The van der Waals surface area contributed by atoms with E-state index in [0.717, 1.165) is 31.6 Å². The number of nitrogens with zero attached hydrogens (tertiary/aromatic N) is 3. The maximum Gasteiger partial charge on any atom is 0.316 e. The lowest BCUT2D eigenvalue weighted by molar-refractivity contribution is 0.0761. The van der Waals surface area contributed by atoms with Crippen LogP contribution in [0.5, 0.6) is 0 Å². The van der Waals surface area contributed by atoms with E-state index in [1.54, 1.807) is 24.3 Å². The number of primary amides is 1. The van der Waals surface area contributed by atoms with Gasteiger partial charge in [0.1, 0.15) is 0 Å². The van der Waals surface area contributed by atoms with Crippen molar-refractivity contribution in [2.75, 3.05) is 31.5 Å². The van der Waals surface area contributed by atoms with Crippen LogP contribution in [0.15, 0.2) is 48.5 Å². The Labute approximate surface area is 164 Å². The Morgan fingerprint density at radius 3 is 2.36 bits per heavy atom. The zero-order valence-electron chi connectivity index (χ0n) is 15.6. The van der Waals surface area contributed by atoms with E-state index in [9.17, 15) is 9.59 Å². The van der Waals surface area contributed by atoms with Crippen LogP contribution in [-0.4, -0.2) is 47.9 Å². The summed E-state index contributed by atoms with van der Waals surface area (Å²) in [5.41, 5.74) is 8.08. The van der Waals surface area contributed by atoms with E-state index in [1.807, 2.05) is 29.2 Å². The van der Waals surface area contributed by atoms with Crippen LogP contribution in [0, 0.1) is 11.3 Å². The van der Waals surface area contributed by atoms with Gasteiger partial charge in [0.05, 0.1) is 11.6 Å². The third-order valence-electron chi connectivity index (χ3n) is 4.76. The predicted octanol–water partition coefficient (Wildman–Crippen LogP) is 2.40. The third-order valence-corrected chi connectivity index (χ3v) is 4.76. The van der Waals surface area contributed by atoms with Gasteiger partial charge in [-0.3, -0.25) is 9.69 Å². The maximum atomic E-state index is 12.8. The van der Waals surface area contributed by atoms with Gasteiger partial charge < -0.3 is 16.0 Å². The molecule has 28 heavy (non-hydrogen) atoms. The molecule has 3 rings (SSSR count). The quantitative estimate of drug-likeness (QED) is 0.854. The van der Waals surface area contributed by atoms with Crippen LogP contribution >= 0.6 is 0 Å². The number of hydrogen-bond donors (Lipinski definition) is 2. The third kappa shape index (κ3) is 5.09. The molecule has 2 aromatic rings. The number of nitrogens with one attached hydrogen (secondary N) is 1. The van der Waals surface area contributed by atoms with E-state index >= 15 is 0 Å². The lowest BCUT2D eigenvalue weighted by Crippen LogP contribution is -2.35. The van der Waals surface area contributed by atoms with Crippen molar-refractivity contribution in [3.8, 4) is 6.07 Å².